The molecule has 4 aromatic rings. The minimum absolute atomic E-state index is 0.151. The van der Waals surface area contributed by atoms with Crippen molar-refractivity contribution in [2.45, 2.75) is 13.0 Å². The van der Waals surface area contributed by atoms with E-state index in [-0.39, 0.29) is 32.9 Å². The predicted octanol–water partition coefficient (Wildman–Crippen LogP) is 3.81. The van der Waals surface area contributed by atoms with Crippen molar-refractivity contribution in [3.63, 3.8) is 0 Å². The molecule has 1 aromatic heterocycles. The second kappa shape index (κ2) is 11.7. The monoisotopic (exact) mass is 586 g/mol. The van der Waals surface area contributed by atoms with E-state index >= 15 is 0 Å². The molecular formula is C30H26N4O7S. The highest BCUT2D eigenvalue weighted by Crippen LogP contribution is 2.35. The Morgan fingerprint density at radius 2 is 1.74 bits per heavy atom. The van der Waals surface area contributed by atoms with E-state index in [9.17, 15) is 19.7 Å². The lowest BCUT2D eigenvalue weighted by Crippen LogP contribution is -2.40. The lowest BCUT2D eigenvalue weighted by atomic mass is 9.95. The number of nitrogens with one attached hydrogen (secondary N) is 1. The summed E-state index contributed by atoms with van der Waals surface area (Å²) < 4.78 is 17.6. The van der Waals surface area contributed by atoms with Gasteiger partial charge in [-0.1, -0.05) is 41.7 Å². The number of aromatic nitrogens is 1. The Labute approximate surface area is 243 Å². The number of hydrogen-bond donors (Lipinski definition) is 1. The molecule has 0 saturated heterocycles. The van der Waals surface area contributed by atoms with Crippen molar-refractivity contribution in [1.29, 1.82) is 0 Å². The van der Waals surface area contributed by atoms with Crippen LogP contribution in [0.4, 0.5) is 11.4 Å². The van der Waals surface area contributed by atoms with Crippen molar-refractivity contribution < 1.29 is 23.9 Å². The first-order valence-electron chi connectivity index (χ1n) is 12.7. The Morgan fingerprint density at radius 3 is 2.40 bits per heavy atom. The van der Waals surface area contributed by atoms with Gasteiger partial charge < -0.3 is 19.5 Å². The summed E-state index contributed by atoms with van der Waals surface area (Å²) in [6.07, 6.45) is 1.43. The molecule has 0 radical (unpaired) electrons. The smallest absolute Gasteiger partial charge is 0.280 e. The molecule has 12 heteroatoms. The largest absolute Gasteiger partial charge is 0.497 e. The van der Waals surface area contributed by atoms with Crippen LogP contribution in [0.25, 0.3) is 6.08 Å². The van der Waals surface area contributed by atoms with E-state index in [0.29, 0.717) is 27.5 Å². The number of hydrogen-bond acceptors (Lipinski definition) is 9. The molecule has 0 spiro atoms. The van der Waals surface area contributed by atoms with Crippen LogP contribution in [0, 0.1) is 10.1 Å². The third kappa shape index (κ3) is 5.27. The zero-order valence-corrected chi connectivity index (χ0v) is 23.9. The first-order valence-corrected chi connectivity index (χ1v) is 13.5. The fraction of sp³-hybridized carbons (Fsp3) is 0.167. The molecule has 1 aliphatic rings. The summed E-state index contributed by atoms with van der Waals surface area (Å²) in [5.41, 5.74) is 1.36. The number of carbonyl (C=O) groups is 1. The van der Waals surface area contributed by atoms with E-state index in [1.54, 1.807) is 55.5 Å². The highest BCUT2D eigenvalue weighted by atomic mass is 32.1. The van der Waals surface area contributed by atoms with Crippen LogP contribution in [0.5, 0.6) is 17.2 Å². The zero-order valence-electron chi connectivity index (χ0n) is 23.1. The average Bonchev–Trinajstić information content (AvgIpc) is 3.30. The van der Waals surface area contributed by atoms with Crippen molar-refractivity contribution in [3.8, 4) is 17.2 Å². The fourth-order valence-electron chi connectivity index (χ4n) is 4.76. The maximum atomic E-state index is 14.0. The number of methoxy groups -OCH3 is 3. The number of rotatable bonds is 8. The SMILES string of the molecule is COc1cccc([C@H]2C(C(=O)Nc3ccccc3)=C(C)N=c3s/c(=C\c4cc(OC)c(OC)cc4[N+](=O)[O-])c(=O)n32)c1. The number of amides is 1. The van der Waals surface area contributed by atoms with Gasteiger partial charge >= 0.3 is 0 Å². The highest BCUT2D eigenvalue weighted by Gasteiger charge is 2.33. The topological polar surface area (TPSA) is 134 Å². The van der Waals surface area contributed by atoms with Crippen LogP contribution in [0.1, 0.15) is 24.1 Å². The number of nitro groups is 1. The summed E-state index contributed by atoms with van der Waals surface area (Å²) in [4.78, 5) is 44.0. The molecule has 1 aliphatic heterocycles. The van der Waals surface area contributed by atoms with E-state index in [0.717, 1.165) is 11.3 Å². The molecule has 1 atom stereocenters. The van der Waals surface area contributed by atoms with Gasteiger partial charge in [-0.3, -0.25) is 24.3 Å². The molecule has 2 heterocycles. The van der Waals surface area contributed by atoms with Crippen molar-refractivity contribution in [1.82, 2.24) is 4.57 Å². The van der Waals surface area contributed by atoms with Crippen LogP contribution in [-0.2, 0) is 4.79 Å². The van der Waals surface area contributed by atoms with Crippen molar-refractivity contribution in [2.75, 3.05) is 26.6 Å². The molecule has 1 amide bonds. The van der Waals surface area contributed by atoms with Gasteiger partial charge in [-0.25, -0.2) is 4.99 Å². The third-order valence-corrected chi connectivity index (χ3v) is 7.71. The summed E-state index contributed by atoms with van der Waals surface area (Å²) >= 11 is 1.07. The lowest BCUT2D eigenvalue weighted by molar-refractivity contribution is -0.385. The van der Waals surface area contributed by atoms with Gasteiger partial charge in [0, 0.05) is 5.69 Å². The molecule has 1 N–H and O–H groups in total. The Balaban J connectivity index is 1.72. The fourth-order valence-corrected chi connectivity index (χ4v) is 5.80. The second-order valence-electron chi connectivity index (χ2n) is 9.20. The van der Waals surface area contributed by atoms with Gasteiger partial charge in [0.1, 0.15) is 5.75 Å². The second-order valence-corrected chi connectivity index (χ2v) is 10.2. The van der Waals surface area contributed by atoms with Crippen LogP contribution < -0.4 is 34.4 Å². The summed E-state index contributed by atoms with van der Waals surface area (Å²) in [6.45, 7) is 1.71. The number of thiazole rings is 1. The highest BCUT2D eigenvalue weighted by molar-refractivity contribution is 7.07. The molecule has 11 nitrogen and oxygen atoms in total. The Hall–Kier alpha value is -5.23. The van der Waals surface area contributed by atoms with Gasteiger partial charge in [0.15, 0.2) is 16.3 Å². The molecule has 214 valence electrons. The molecule has 0 saturated carbocycles. The number of nitrogens with zero attached hydrogens (tertiary/aromatic N) is 3. The lowest BCUT2D eigenvalue weighted by Gasteiger charge is -2.25. The van der Waals surface area contributed by atoms with Crippen LogP contribution in [-0.4, -0.2) is 36.7 Å². The van der Waals surface area contributed by atoms with Crippen LogP contribution in [0.3, 0.4) is 0 Å². The maximum absolute atomic E-state index is 14.0. The normalized spacial score (nSPS) is 14.6. The summed E-state index contributed by atoms with van der Waals surface area (Å²) in [6, 6.07) is 17.9. The minimum Gasteiger partial charge on any atom is -0.497 e. The number of fused-ring (bicyclic) bond motifs is 1. The Bertz CT molecular complexity index is 1910. The van der Waals surface area contributed by atoms with E-state index in [4.69, 9.17) is 14.2 Å². The van der Waals surface area contributed by atoms with Gasteiger partial charge in [-0.05, 0) is 48.9 Å². The number of allylic oxidation sites excluding steroid dienone is 1. The summed E-state index contributed by atoms with van der Waals surface area (Å²) in [5, 5.41) is 14.8. The summed E-state index contributed by atoms with van der Waals surface area (Å²) in [5.74, 6) is 0.589. The predicted molar refractivity (Wildman–Crippen MR) is 158 cm³/mol. The number of ether oxygens (including phenoxy) is 3. The standard InChI is InChI=1S/C30H26N4O7S/c1-17-26(28(35)32-20-10-6-5-7-11-20)27(18-9-8-12-21(13-18)39-2)33-29(36)25(42-30(33)31-17)15-19-14-23(40-3)24(41-4)16-22(19)34(37)38/h5-16,27H,1-4H3,(H,32,35)/b25-15-/t27-/m0/s1. The number of para-hydroxylation sites is 1. The quantitative estimate of drug-likeness (QED) is 0.245. The van der Waals surface area contributed by atoms with Gasteiger partial charge in [0.2, 0.25) is 0 Å². The van der Waals surface area contributed by atoms with Crippen LogP contribution in [0.2, 0.25) is 0 Å². The number of anilines is 1. The van der Waals surface area contributed by atoms with Crippen molar-refractivity contribution in [2.24, 2.45) is 4.99 Å². The van der Waals surface area contributed by atoms with Gasteiger partial charge in [0.25, 0.3) is 17.2 Å². The zero-order chi connectivity index (χ0) is 30.0. The minimum atomic E-state index is -0.845. The molecule has 0 bridgehead atoms. The molecule has 3 aromatic carbocycles. The average molecular weight is 587 g/mol. The molecule has 0 aliphatic carbocycles. The molecular weight excluding hydrogens is 560 g/mol. The van der Waals surface area contributed by atoms with Gasteiger partial charge in [0.05, 0.1) is 59.7 Å². The van der Waals surface area contributed by atoms with Crippen LogP contribution >= 0.6 is 11.3 Å². The van der Waals surface area contributed by atoms with Gasteiger partial charge in [-0.15, -0.1) is 0 Å². The van der Waals surface area contributed by atoms with Crippen molar-refractivity contribution in [3.05, 3.63) is 119 Å². The maximum Gasteiger partial charge on any atom is 0.280 e. The van der Waals surface area contributed by atoms with Crippen LogP contribution in [0.15, 0.2) is 87.8 Å². The van der Waals surface area contributed by atoms with E-state index in [2.05, 4.69) is 10.3 Å². The third-order valence-electron chi connectivity index (χ3n) is 6.72. The van der Waals surface area contributed by atoms with Gasteiger partial charge in [-0.2, -0.15) is 0 Å². The molecule has 42 heavy (non-hydrogen) atoms. The first kappa shape index (κ1) is 28.3. The summed E-state index contributed by atoms with van der Waals surface area (Å²) in [7, 11) is 4.33. The first-order chi connectivity index (χ1) is 20.2. The number of carbonyl (C=O) groups excluding carboxylic acids is 1. The van der Waals surface area contributed by atoms with E-state index in [1.807, 2.05) is 6.07 Å². The van der Waals surface area contributed by atoms with E-state index in [1.165, 1.54) is 44.1 Å². The molecule has 0 unspecified atom stereocenters. The van der Waals surface area contributed by atoms with E-state index < -0.39 is 22.4 Å². The number of nitro benzene ring substituents is 1. The Morgan fingerprint density at radius 1 is 1.02 bits per heavy atom. The van der Waals surface area contributed by atoms with Crippen molar-refractivity contribution >= 4 is 34.7 Å². The number of benzene rings is 3. The molecule has 0 fully saturated rings. The molecule has 5 rings (SSSR count). The Kier molecular flexibility index (Phi) is 7.89.